The Morgan fingerprint density at radius 2 is 1.34 bits per heavy atom. The van der Waals surface area contributed by atoms with Gasteiger partial charge in [0.2, 0.25) is 11.8 Å². The van der Waals surface area contributed by atoms with Crippen LogP contribution in [0.2, 0.25) is 0 Å². The molecule has 3 amide bonds. The third-order valence-corrected chi connectivity index (χ3v) is 15.2. The SMILES string of the molecule is CC(=O)N1c2ccc3c(c2CCC1(C)C)Oc1c(ccc2c1CCC(C)(C)N2C(C)=O)C31OC(=O)c2ccc(C(=O)NCCCCCCOP(OCCC#N)N(C(C)C)C(C)C)cc21. The second-order valence-electron chi connectivity index (χ2n) is 19.2. The van der Waals surface area contributed by atoms with Gasteiger partial charge in [-0.15, -0.1) is 0 Å². The largest absolute Gasteiger partial charge is 0.456 e. The summed E-state index contributed by atoms with van der Waals surface area (Å²) in [7, 11) is -1.28. The number of hydrogen-bond acceptors (Lipinski definition) is 10. The molecule has 0 radical (unpaired) electrons. The summed E-state index contributed by atoms with van der Waals surface area (Å²) in [5, 5.41) is 12.1. The number of rotatable bonds is 15. The summed E-state index contributed by atoms with van der Waals surface area (Å²) < 4.78 is 28.2. The number of carbonyl (C=O) groups excluding carboxylic acids is 4. The molecule has 64 heavy (non-hydrogen) atoms. The fourth-order valence-corrected chi connectivity index (χ4v) is 11.9. The molecule has 0 fully saturated rings. The Morgan fingerprint density at radius 3 is 1.88 bits per heavy atom. The second-order valence-corrected chi connectivity index (χ2v) is 20.7. The van der Waals surface area contributed by atoms with Gasteiger partial charge < -0.3 is 33.6 Å². The van der Waals surface area contributed by atoms with Crippen LogP contribution in [0.3, 0.4) is 0 Å². The van der Waals surface area contributed by atoms with E-state index < -0.39 is 31.2 Å². The van der Waals surface area contributed by atoms with Crippen molar-refractivity contribution in [2.75, 3.05) is 29.6 Å². The molecule has 0 bridgehead atoms. The molecule has 13 nitrogen and oxygen atoms in total. The first-order valence-corrected chi connectivity index (χ1v) is 24.0. The summed E-state index contributed by atoms with van der Waals surface area (Å²) in [5.74, 6) is 0.117. The zero-order valence-electron chi connectivity index (χ0n) is 39.2. The molecule has 342 valence electrons. The summed E-state index contributed by atoms with van der Waals surface area (Å²) in [6.45, 7) is 21.2. The predicted molar refractivity (Wildman–Crippen MR) is 248 cm³/mol. The molecule has 0 aliphatic carbocycles. The molecule has 7 rings (SSSR count). The van der Waals surface area contributed by atoms with Crippen LogP contribution in [0.1, 0.15) is 163 Å². The molecule has 3 aromatic rings. The fourth-order valence-electron chi connectivity index (χ4n) is 10.2. The van der Waals surface area contributed by atoms with Crippen LogP contribution >= 0.6 is 8.53 Å². The molecule has 3 aromatic carbocycles. The molecule has 4 aliphatic rings. The van der Waals surface area contributed by atoms with Gasteiger partial charge in [0, 0.05) is 76.9 Å². The normalized spacial score (nSPS) is 17.8. The minimum atomic E-state index is -1.47. The minimum absolute atomic E-state index is 0.0839. The van der Waals surface area contributed by atoms with Crippen LogP contribution in [-0.4, -0.2) is 71.3 Å². The van der Waals surface area contributed by atoms with Gasteiger partial charge in [-0.2, -0.15) is 5.26 Å². The summed E-state index contributed by atoms with van der Waals surface area (Å²) in [4.78, 5) is 58.1. The zero-order chi connectivity index (χ0) is 46.3. The Kier molecular flexibility index (Phi) is 13.7. The van der Waals surface area contributed by atoms with E-state index in [2.05, 4.69) is 71.4 Å². The van der Waals surface area contributed by atoms with Gasteiger partial charge in [0.1, 0.15) is 11.5 Å². The average Bonchev–Trinajstić information content (AvgIpc) is 3.51. The number of fused-ring (bicyclic) bond motifs is 10. The third-order valence-electron chi connectivity index (χ3n) is 13.1. The lowest BCUT2D eigenvalue weighted by Gasteiger charge is -2.47. The summed E-state index contributed by atoms with van der Waals surface area (Å²) in [6.07, 6.45) is 6.34. The first-order valence-electron chi connectivity index (χ1n) is 22.8. The van der Waals surface area contributed by atoms with E-state index in [1.807, 2.05) is 34.1 Å². The number of nitriles is 1. The number of ether oxygens (including phenoxy) is 2. The van der Waals surface area contributed by atoms with Gasteiger partial charge in [0.05, 0.1) is 42.6 Å². The van der Waals surface area contributed by atoms with E-state index in [0.29, 0.717) is 91.2 Å². The summed E-state index contributed by atoms with van der Waals surface area (Å²) in [5.41, 5.74) is 3.38. The first kappa shape index (κ1) is 47.1. The van der Waals surface area contributed by atoms with Gasteiger partial charge in [0.25, 0.3) is 14.4 Å². The monoisotopic (exact) mass is 893 g/mol. The van der Waals surface area contributed by atoms with Crippen LogP contribution < -0.4 is 19.9 Å². The number of hydrogen-bond donors (Lipinski definition) is 1. The first-order chi connectivity index (χ1) is 30.3. The lowest BCUT2D eigenvalue weighted by molar-refractivity contribution is -0.118. The van der Waals surface area contributed by atoms with E-state index in [4.69, 9.17) is 23.8 Å². The number of unbranched alkanes of at least 4 members (excludes halogenated alkanes) is 3. The molecular formula is C50H64N5O8P. The van der Waals surface area contributed by atoms with Crippen molar-refractivity contribution < 1.29 is 37.7 Å². The number of amides is 3. The maximum atomic E-state index is 14.1. The molecule has 4 heterocycles. The van der Waals surface area contributed by atoms with E-state index >= 15 is 0 Å². The molecule has 1 atom stereocenters. The molecule has 1 spiro atoms. The lowest BCUT2D eigenvalue weighted by atomic mass is 9.73. The summed E-state index contributed by atoms with van der Waals surface area (Å²) >= 11 is 0. The molecule has 0 saturated carbocycles. The highest BCUT2D eigenvalue weighted by atomic mass is 31.2. The zero-order valence-corrected chi connectivity index (χ0v) is 40.1. The topological polar surface area (TPSA) is 151 Å². The molecule has 0 aromatic heterocycles. The Hall–Kier alpha value is -4.86. The Bertz CT molecular complexity index is 2270. The van der Waals surface area contributed by atoms with E-state index in [1.165, 1.54) is 0 Å². The fraction of sp³-hybridized carbons (Fsp3) is 0.540. The highest BCUT2D eigenvalue weighted by Gasteiger charge is 2.56. The van der Waals surface area contributed by atoms with Crippen molar-refractivity contribution in [2.24, 2.45) is 0 Å². The number of carbonyl (C=O) groups is 4. The van der Waals surface area contributed by atoms with Crippen molar-refractivity contribution in [1.82, 2.24) is 9.99 Å². The van der Waals surface area contributed by atoms with E-state index in [9.17, 15) is 19.2 Å². The third kappa shape index (κ3) is 8.55. The standard InChI is InChI=1S/C50H64N5O8P/c1-31(2)55(32(3)4)64(61-29-15-26-51)60-28-14-12-11-13-27-52-46(58)35-16-17-36-41(30-35)50(63-47(36)59)39-18-20-42-37(22-24-48(7,8)53(42)33(5)56)44(39)62-45-38-23-25-49(9,10)54(34(6)57)43(38)21-19-40(45)50/h16-21,30-32H,11-15,22-25,27-29H2,1-10H3,(H,52,58). The number of esters is 1. The predicted octanol–water partition coefficient (Wildman–Crippen LogP) is 9.99. The Labute approximate surface area is 379 Å². The van der Waals surface area contributed by atoms with Crippen LogP contribution in [0, 0.1) is 11.3 Å². The second kappa shape index (κ2) is 18.6. The lowest BCUT2D eigenvalue weighted by Crippen LogP contribution is -2.50. The van der Waals surface area contributed by atoms with Gasteiger partial charge >= 0.3 is 5.97 Å². The molecular weight excluding hydrogens is 830 g/mol. The van der Waals surface area contributed by atoms with Gasteiger partial charge in [-0.25, -0.2) is 9.46 Å². The van der Waals surface area contributed by atoms with Crippen molar-refractivity contribution >= 4 is 43.6 Å². The Morgan fingerprint density at radius 1 is 0.797 bits per heavy atom. The number of nitrogens with one attached hydrogen (secondary N) is 1. The van der Waals surface area contributed by atoms with E-state index in [0.717, 1.165) is 48.2 Å². The van der Waals surface area contributed by atoms with Crippen LogP contribution in [0.15, 0.2) is 42.5 Å². The van der Waals surface area contributed by atoms with Crippen molar-refractivity contribution in [3.8, 4) is 17.6 Å². The molecule has 1 N–H and O–H groups in total. The smallest absolute Gasteiger partial charge is 0.340 e. The molecule has 0 saturated heterocycles. The maximum Gasteiger partial charge on any atom is 0.340 e. The minimum Gasteiger partial charge on any atom is -0.456 e. The van der Waals surface area contributed by atoms with Crippen LogP contribution in [0.4, 0.5) is 11.4 Å². The van der Waals surface area contributed by atoms with Crippen molar-refractivity contribution in [3.63, 3.8) is 0 Å². The quantitative estimate of drug-likeness (QED) is 0.0887. The van der Waals surface area contributed by atoms with E-state index in [1.54, 1.807) is 32.0 Å². The van der Waals surface area contributed by atoms with Gasteiger partial charge in [-0.05, 0) is 136 Å². The van der Waals surface area contributed by atoms with Gasteiger partial charge in [-0.3, -0.25) is 14.4 Å². The van der Waals surface area contributed by atoms with Crippen molar-refractivity contribution in [3.05, 3.63) is 81.4 Å². The van der Waals surface area contributed by atoms with Gasteiger partial charge in [0.15, 0.2) is 5.60 Å². The van der Waals surface area contributed by atoms with E-state index in [-0.39, 0.29) is 29.8 Å². The maximum absolute atomic E-state index is 14.1. The highest BCUT2D eigenvalue weighted by molar-refractivity contribution is 7.44. The molecule has 4 aliphatic heterocycles. The average molecular weight is 894 g/mol. The van der Waals surface area contributed by atoms with Crippen molar-refractivity contribution in [2.45, 2.75) is 156 Å². The number of benzene rings is 3. The van der Waals surface area contributed by atoms with Crippen LogP contribution in [-0.2, 0) is 41.8 Å². The Balaban J connectivity index is 1.15. The van der Waals surface area contributed by atoms with Crippen LogP contribution in [0.25, 0.3) is 0 Å². The highest BCUT2D eigenvalue weighted by Crippen LogP contribution is 2.61. The van der Waals surface area contributed by atoms with Gasteiger partial charge in [-0.1, -0.05) is 12.8 Å². The van der Waals surface area contributed by atoms with Crippen molar-refractivity contribution in [1.29, 1.82) is 5.26 Å². The molecule has 14 heteroatoms. The molecule has 1 unspecified atom stereocenters. The number of nitrogens with zero attached hydrogens (tertiary/aromatic N) is 4. The number of anilines is 2. The summed E-state index contributed by atoms with van der Waals surface area (Å²) in [6, 6.07) is 15.4. The van der Waals surface area contributed by atoms with Crippen LogP contribution in [0.5, 0.6) is 11.5 Å².